The van der Waals surface area contributed by atoms with Gasteiger partial charge in [-0.25, -0.2) is 0 Å². The first-order chi connectivity index (χ1) is 10.5. The van der Waals surface area contributed by atoms with Crippen molar-refractivity contribution in [2.45, 2.75) is 20.4 Å². The summed E-state index contributed by atoms with van der Waals surface area (Å²) in [4.78, 5) is 23.6. The number of carbonyl (C=O) groups excluding carboxylic acids is 2. The highest BCUT2D eigenvalue weighted by molar-refractivity contribution is 9.10. The molecule has 116 valence electrons. The van der Waals surface area contributed by atoms with Crippen LogP contribution in [0.25, 0.3) is 0 Å². The molecule has 0 aliphatic rings. The number of halogens is 1. The Bertz CT molecular complexity index is 680. The van der Waals surface area contributed by atoms with Crippen LogP contribution < -0.4 is 10.6 Å². The van der Waals surface area contributed by atoms with Gasteiger partial charge in [0, 0.05) is 18.2 Å². The predicted molar refractivity (Wildman–Crippen MR) is 87.5 cm³/mol. The Balaban J connectivity index is 1.96. The summed E-state index contributed by atoms with van der Waals surface area (Å²) >= 11 is 3.15. The van der Waals surface area contributed by atoms with Crippen LogP contribution in [0.5, 0.6) is 0 Å². The van der Waals surface area contributed by atoms with Gasteiger partial charge in [0.1, 0.15) is 0 Å². The third-order valence-corrected chi connectivity index (χ3v) is 3.40. The molecule has 2 N–H and O–H groups in total. The van der Waals surface area contributed by atoms with E-state index in [4.69, 9.17) is 4.42 Å². The van der Waals surface area contributed by atoms with Gasteiger partial charge in [-0.1, -0.05) is 26.0 Å². The second kappa shape index (κ2) is 7.26. The molecule has 0 unspecified atom stereocenters. The molecule has 2 rings (SSSR count). The Labute approximate surface area is 137 Å². The van der Waals surface area contributed by atoms with Crippen LogP contribution in [0.3, 0.4) is 0 Å². The molecule has 0 aliphatic carbocycles. The Morgan fingerprint density at radius 3 is 2.64 bits per heavy atom. The number of hydrogen-bond donors (Lipinski definition) is 2. The first-order valence-electron chi connectivity index (χ1n) is 6.89. The fourth-order valence-corrected chi connectivity index (χ4v) is 2.06. The van der Waals surface area contributed by atoms with Crippen molar-refractivity contribution < 1.29 is 14.0 Å². The maximum atomic E-state index is 11.9. The molecule has 0 spiro atoms. The average Bonchev–Trinajstić information content (AvgIpc) is 2.91. The minimum Gasteiger partial charge on any atom is -0.444 e. The van der Waals surface area contributed by atoms with Crippen LogP contribution in [0.4, 0.5) is 5.69 Å². The highest BCUT2D eigenvalue weighted by Crippen LogP contribution is 2.15. The zero-order valence-corrected chi connectivity index (χ0v) is 13.9. The van der Waals surface area contributed by atoms with E-state index in [-0.39, 0.29) is 23.5 Å². The van der Waals surface area contributed by atoms with E-state index in [9.17, 15) is 9.59 Å². The number of carbonyl (C=O) groups is 2. The van der Waals surface area contributed by atoms with Gasteiger partial charge < -0.3 is 15.1 Å². The molecule has 0 saturated heterocycles. The highest BCUT2D eigenvalue weighted by Gasteiger charge is 2.10. The van der Waals surface area contributed by atoms with E-state index >= 15 is 0 Å². The lowest BCUT2D eigenvalue weighted by Crippen LogP contribution is -2.22. The molecule has 0 radical (unpaired) electrons. The summed E-state index contributed by atoms with van der Waals surface area (Å²) in [5.41, 5.74) is 1.60. The third kappa shape index (κ3) is 4.46. The normalized spacial score (nSPS) is 10.5. The molecule has 22 heavy (non-hydrogen) atoms. The monoisotopic (exact) mass is 364 g/mol. The first-order valence-corrected chi connectivity index (χ1v) is 7.68. The predicted octanol–water partition coefficient (Wildman–Crippen LogP) is 3.57. The van der Waals surface area contributed by atoms with Gasteiger partial charge in [0.2, 0.25) is 5.91 Å². The Morgan fingerprint density at radius 1 is 1.23 bits per heavy atom. The van der Waals surface area contributed by atoms with Crippen molar-refractivity contribution in [3.63, 3.8) is 0 Å². The fourth-order valence-electron chi connectivity index (χ4n) is 1.75. The highest BCUT2D eigenvalue weighted by atomic mass is 79.9. The van der Waals surface area contributed by atoms with Gasteiger partial charge in [-0.3, -0.25) is 9.59 Å². The minimum atomic E-state index is -0.290. The zero-order chi connectivity index (χ0) is 16.1. The molecule has 2 aromatic rings. The summed E-state index contributed by atoms with van der Waals surface area (Å²) in [6, 6.07) is 10.6. The largest absolute Gasteiger partial charge is 0.444 e. The van der Waals surface area contributed by atoms with Crippen LogP contribution in [0, 0.1) is 5.92 Å². The Kier molecular flexibility index (Phi) is 5.38. The van der Waals surface area contributed by atoms with Crippen LogP contribution in [0.15, 0.2) is 45.5 Å². The van der Waals surface area contributed by atoms with Gasteiger partial charge >= 0.3 is 0 Å². The van der Waals surface area contributed by atoms with Gasteiger partial charge in [-0.2, -0.15) is 0 Å². The number of rotatable bonds is 5. The lowest BCUT2D eigenvalue weighted by molar-refractivity contribution is -0.118. The van der Waals surface area contributed by atoms with Crippen molar-refractivity contribution >= 4 is 33.4 Å². The lowest BCUT2D eigenvalue weighted by atomic mass is 10.1. The number of amides is 2. The van der Waals surface area contributed by atoms with Crippen molar-refractivity contribution in [1.29, 1.82) is 0 Å². The Hall–Kier alpha value is -2.08. The zero-order valence-electron chi connectivity index (χ0n) is 12.4. The van der Waals surface area contributed by atoms with E-state index < -0.39 is 0 Å². The average molecular weight is 365 g/mol. The molecule has 1 heterocycles. The summed E-state index contributed by atoms with van der Waals surface area (Å²) in [5, 5.41) is 5.59. The molecule has 6 heteroatoms. The summed E-state index contributed by atoms with van der Waals surface area (Å²) in [7, 11) is 0. The van der Waals surface area contributed by atoms with Gasteiger partial charge in [0.05, 0.1) is 0 Å². The van der Waals surface area contributed by atoms with Crippen molar-refractivity contribution in [2.75, 3.05) is 5.32 Å². The molecule has 1 aromatic heterocycles. The molecule has 2 amide bonds. The van der Waals surface area contributed by atoms with Crippen LogP contribution in [0.1, 0.15) is 30.0 Å². The van der Waals surface area contributed by atoms with Gasteiger partial charge in [-0.05, 0) is 45.8 Å². The smallest absolute Gasteiger partial charge is 0.287 e. The molecule has 0 fully saturated rings. The number of anilines is 1. The van der Waals surface area contributed by atoms with Crippen molar-refractivity contribution in [1.82, 2.24) is 5.32 Å². The molecule has 0 atom stereocenters. The van der Waals surface area contributed by atoms with E-state index in [1.807, 2.05) is 38.1 Å². The second-order valence-electron chi connectivity index (χ2n) is 5.13. The molecule has 0 aliphatic heterocycles. The standard InChI is InChI=1S/C16H17BrN2O3/c1-10(2)15(20)19-12-5-3-4-11(8-12)9-18-16(21)13-6-7-14(17)22-13/h3-8,10H,9H2,1-2H3,(H,18,21)(H,19,20). The first kappa shape index (κ1) is 16.3. The number of nitrogens with one attached hydrogen (secondary N) is 2. The number of furan rings is 1. The van der Waals surface area contributed by atoms with Gasteiger partial charge in [0.25, 0.3) is 5.91 Å². The van der Waals surface area contributed by atoms with Crippen molar-refractivity contribution in [2.24, 2.45) is 5.92 Å². The summed E-state index contributed by atoms with van der Waals surface area (Å²) in [5.74, 6) is -0.166. The maximum absolute atomic E-state index is 11.9. The third-order valence-electron chi connectivity index (χ3n) is 2.97. The van der Waals surface area contributed by atoms with Crippen molar-refractivity contribution in [3.8, 4) is 0 Å². The maximum Gasteiger partial charge on any atom is 0.287 e. The summed E-state index contributed by atoms with van der Waals surface area (Å²) in [6.45, 7) is 4.02. The van der Waals surface area contributed by atoms with Gasteiger partial charge in [0.15, 0.2) is 10.4 Å². The topological polar surface area (TPSA) is 71.3 Å². The Morgan fingerprint density at radius 2 is 2.00 bits per heavy atom. The minimum absolute atomic E-state index is 0.0402. The lowest BCUT2D eigenvalue weighted by Gasteiger charge is -2.09. The number of hydrogen-bond acceptors (Lipinski definition) is 3. The fraction of sp³-hybridized carbons (Fsp3) is 0.250. The van der Waals surface area contributed by atoms with E-state index in [0.29, 0.717) is 16.9 Å². The van der Waals surface area contributed by atoms with E-state index in [2.05, 4.69) is 26.6 Å². The van der Waals surface area contributed by atoms with Crippen LogP contribution in [-0.4, -0.2) is 11.8 Å². The van der Waals surface area contributed by atoms with E-state index in [0.717, 1.165) is 5.56 Å². The summed E-state index contributed by atoms with van der Waals surface area (Å²) in [6.07, 6.45) is 0. The van der Waals surface area contributed by atoms with Gasteiger partial charge in [-0.15, -0.1) is 0 Å². The quantitative estimate of drug-likeness (QED) is 0.851. The van der Waals surface area contributed by atoms with Crippen LogP contribution in [0.2, 0.25) is 0 Å². The molecule has 1 aromatic carbocycles. The molecule has 0 bridgehead atoms. The summed E-state index contributed by atoms with van der Waals surface area (Å²) < 4.78 is 5.69. The van der Waals surface area contributed by atoms with E-state index in [1.165, 1.54) is 0 Å². The van der Waals surface area contributed by atoms with Crippen LogP contribution >= 0.6 is 15.9 Å². The second-order valence-corrected chi connectivity index (χ2v) is 5.91. The SMILES string of the molecule is CC(C)C(=O)Nc1cccc(CNC(=O)c2ccc(Br)o2)c1. The molecular formula is C16H17BrN2O3. The van der Waals surface area contributed by atoms with Crippen molar-refractivity contribution in [3.05, 3.63) is 52.4 Å². The molecule has 0 saturated carbocycles. The van der Waals surface area contributed by atoms with E-state index in [1.54, 1.807) is 12.1 Å². The van der Waals surface area contributed by atoms with Crippen LogP contribution in [-0.2, 0) is 11.3 Å². The molecule has 5 nitrogen and oxygen atoms in total. The molecular weight excluding hydrogens is 348 g/mol. The number of benzene rings is 1.